The summed E-state index contributed by atoms with van der Waals surface area (Å²) >= 11 is 2.29. The zero-order valence-electron chi connectivity index (χ0n) is 10.4. The second kappa shape index (κ2) is 6.73. The minimum Gasteiger partial charge on any atom is -0.324 e. The molecule has 20 heavy (non-hydrogen) atoms. The molecular formula is C12H13F3N2OS2. The van der Waals surface area contributed by atoms with Crippen molar-refractivity contribution in [2.24, 2.45) is 0 Å². The van der Waals surface area contributed by atoms with Crippen LogP contribution in [0.2, 0.25) is 0 Å². The summed E-state index contributed by atoms with van der Waals surface area (Å²) in [5.41, 5.74) is 0.422. The standard InChI is InChI=1S/C12H13F3N2OS2/c13-12(14,15)6-20-10-4-2-1-3-8(10)17-11(18)9-5-19-7-16-9/h1-4,9,16H,5-7H2,(H,17,18). The molecule has 1 saturated heterocycles. The first-order valence-electron chi connectivity index (χ1n) is 5.86. The smallest absolute Gasteiger partial charge is 0.324 e. The van der Waals surface area contributed by atoms with Gasteiger partial charge in [0.2, 0.25) is 5.91 Å². The lowest BCUT2D eigenvalue weighted by molar-refractivity contribution is -0.117. The first-order valence-corrected chi connectivity index (χ1v) is 8.00. The van der Waals surface area contributed by atoms with E-state index in [4.69, 9.17) is 0 Å². The Balaban J connectivity index is 2.01. The van der Waals surface area contributed by atoms with E-state index in [1.54, 1.807) is 36.0 Å². The van der Waals surface area contributed by atoms with Crippen LogP contribution in [0.3, 0.4) is 0 Å². The Labute approximate surface area is 123 Å². The van der Waals surface area contributed by atoms with Crippen LogP contribution in [-0.2, 0) is 4.79 Å². The van der Waals surface area contributed by atoms with E-state index in [-0.39, 0.29) is 11.9 Å². The number of nitrogens with one attached hydrogen (secondary N) is 2. The highest BCUT2D eigenvalue weighted by atomic mass is 32.2. The van der Waals surface area contributed by atoms with Gasteiger partial charge in [-0.1, -0.05) is 12.1 Å². The second-order valence-corrected chi connectivity index (χ2v) is 6.21. The summed E-state index contributed by atoms with van der Waals surface area (Å²) in [5.74, 6) is 0.194. The van der Waals surface area contributed by atoms with Gasteiger partial charge in [-0.05, 0) is 12.1 Å². The molecule has 1 aliphatic rings. The molecular weight excluding hydrogens is 309 g/mol. The van der Waals surface area contributed by atoms with Crippen LogP contribution in [-0.4, -0.2) is 35.5 Å². The monoisotopic (exact) mass is 322 g/mol. The molecule has 1 fully saturated rings. The lowest BCUT2D eigenvalue weighted by Gasteiger charge is -2.14. The van der Waals surface area contributed by atoms with Gasteiger partial charge in [-0.25, -0.2) is 0 Å². The van der Waals surface area contributed by atoms with E-state index in [2.05, 4.69) is 10.6 Å². The van der Waals surface area contributed by atoms with Gasteiger partial charge in [0.15, 0.2) is 0 Å². The number of alkyl halides is 3. The average molecular weight is 322 g/mol. The summed E-state index contributed by atoms with van der Waals surface area (Å²) in [6.07, 6.45) is -4.23. The third-order valence-electron chi connectivity index (χ3n) is 2.57. The average Bonchev–Trinajstić information content (AvgIpc) is 2.90. The highest BCUT2D eigenvalue weighted by Gasteiger charge is 2.28. The highest BCUT2D eigenvalue weighted by molar-refractivity contribution is 7.99. The molecule has 0 aromatic heterocycles. The van der Waals surface area contributed by atoms with Crippen LogP contribution in [0.5, 0.6) is 0 Å². The number of hydrogen-bond acceptors (Lipinski definition) is 4. The number of anilines is 1. The zero-order valence-corrected chi connectivity index (χ0v) is 12.0. The van der Waals surface area contributed by atoms with Gasteiger partial charge < -0.3 is 5.32 Å². The van der Waals surface area contributed by atoms with Gasteiger partial charge >= 0.3 is 6.18 Å². The van der Waals surface area contributed by atoms with Gasteiger partial charge in [0, 0.05) is 16.5 Å². The Bertz CT molecular complexity index is 476. The van der Waals surface area contributed by atoms with Gasteiger partial charge in [-0.3, -0.25) is 10.1 Å². The fourth-order valence-corrected chi connectivity index (χ4v) is 3.35. The van der Waals surface area contributed by atoms with Gasteiger partial charge in [0.25, 0.3) is 0 Å². The van der Waals surface area contributed by atoms with Crippen LogP contribution in [0.4, 0.5) is 18.9 Å². The van der Waals surface area contributed by atoms with Crippen molar-refractivity contribution < 1.29 is 18.0 Å². The number of amides is 1. The molecule has 3 nitrogen and oxygen atoms in total. The molecule has 8 heteroatoms. The van der Waals surface area contributed by atoms with Crippen molar-refractivity contribution in [3.05, 3.63) is 24.3 Å². The summed E-state index contributed by atoms with van der Waals surface area (Å²) in [4.78, 5) is 12.4. The van der Waals surface area contributed by atoms with Crippen molar-refractivity contribution in [2.45, 2.75) is 17.1 Å². The Kier molecular flexibility index (Phi) is 5.22. The molecule has 0 saturated carbocycles. The van der Waals surface area contributed by atoms with Crippen LogP contribution in [0.15, 0.2) is 29.2 Å². The molecule has 1 atom stereocenters. The molecule has 110 valence electrons. The summed E-state index contributed by atoms with van der Waals surface area (Å²) in [7, 11) is 0. The summed E-state index contributed by atoms with van der Waals surface area (Å²) in [6.45, 7) is 0. The van der Waals surface area contributed by atoms with Crippen molar-refractivity contribution in [1.29, 1.82) is 0 Å². The normalized spacial score (nSPS) is 19.1. The topological polar surface area (TPSA) is 41.1 Å². The molecule has 1 amide bonds. The zero-order chi connectivity index (χ0) is 14.6. The van der Waals surface area contributed by atoms with Crippen LogP contribution < -0.4 is 10.6 Å². The maximum atomic E-state index is 12.3. The lowest BCUT2D eigenvalue weighted by Crippen LogP contribution is -2.37. The minimum atomic E-state index is -4.23. The van der Waals surface area contributed by atoms with Crippen molar-refractivity contribution in [3.63, 3.8) is 0 Å². The second-order valence-electron chi connectivity index (χ2n) is 4.16. The molecule has 0 radical (unpaired) electrons. The predicted molar refractivity (Wildman–Crippen MR) is 76.1 cm³/mol. The minimum absolute atomic E-state index is 0.213. The van der Waals surface area contributed by atoms with Crippen LogP contribution in [0.1, 0.15) is 0 Å². The molecule has 0 aliphatic carbocycles. The summed E-state index contributed by atoms with van der Waals surface area (Å²) in [6, 6.07) is 6.23. The molecule has 1 aliphatic heterocycles. The molecule has 0 spiro atoms. The third-order valence-corrected chi connectivity index (χ3v) is 4.65. The van der Waals surface area contributed by atoms with Gasteiger partial charge in [0.1, 0.15) is 0 Å². The Morgan fingerprint density at radius 3 is 2.85 bits per heavy atom. The van der Waals surface area contributed by atoms with Crippen molar-refractivity contribution in [2.75, 3.05) is 22.7 Å². The predicted octanol–water partition coefficient (Wildman–Crippen LogP) is 2.94. The number of benzene rings is 1. The molecule has 1 aromatic rings. The maximum absolute atomic E-state index is 12.3. The molecule has 1 aromatic carbocycles. The number of halogens is 3. The fourth-order valence-electron chi connectivity index (χ4n) is 1.64. The highest BCUT2D eigenvalue weighted by Crippen LogP contribution is 2.32. The summed E-state index contributed by atoms with van der Waals surface area (Å²) < 4.78 is 36.8. The largest absolute Gasteiger partial charge is 0.398 e. The van der Waals surface area contributed by atoms with Crippen molar-refractivity contribution in [1.82, 2.24) is 5.32 Å². The van der Waals surface area contributed by atoms with Gasteiger partial charge in [-0.15, -0.1) is 23.5 Å². The van der Waals surface area contributed by atoms with Crippen molar-refractivity contribution in [3.8, 4) is 0 Å². The van der Waals surface area contributed by atoms with E-state index < -0.39 is 11.9 Å². The van der Waals surface area contributed by atoms with Crippen LogP contribution in [0, 0.1) is 0 Å². The van der Waals surface area contributed by atoms with Crippen molar-refractivity contribution >= 4 is 35.1 Å². The Hall–Kier alpha value is -0.860. The fraction of sp³-hybridized carbons (Fsp3) is 0.417. The molecule has 1 heterocycles. The van der Waals surface area contributed by atoms with E-state index in [0.29, 0.717) is 34.0 Å². The van der Waals surface area contributed by atoms with E-state index >= 15 is 0 Å². The summed E-state index contributed by atoms with van der Waals surface area (Å²) in [5, 5.41) is 5.70. The maximum Gasteiger partial charge on any atom is 0.398 e. The SMILES string of the molecule is O=C(Nc1ccccc1SCC(F)(F)F)C1CSCN1. The Morgan fingerprint density at radius 2 is 2.20 bits per heavy atom. The number of rotatable bonds is 4. The van der Waals surface area contributed by atoms with E-state index in [1.807, 2.05) is 0 Å². The van der Waals surface area contributed by atoms with Crippen LogP contribution >= 0.6 is 23.5 Å². The number of carbonyl (C=O) groups excluding carboxylic acids is 1. The van der Waals surface area contributed by atoms with Crippen LogP contribution in [0.25, 0.3) is 0 Å². The number of para-hydroxylation sites is 1. The third kappa shape index (κ3) is 4.60. The first kappa shape index (κ1) is 15.5. The molecule has 1 unspecified atom stereocenters. The quantitative estimate of drug-likeness (QED) is 0.836. The first-order chi connectivity index (χ1) is 9.46. The van der Waals surface area contributed by atoms with E-state index in [0.717, 1.165) is 0 Å². The molecule has 0 bridgehead atoms. The molecule has 2 N–H and O–H groups in total. The number of hydrogen-bond donors (Lipinski definition) is 2. The van der Waals surface area contributed by atoms with Gasteiger partial charge in [0.05, 0.1) is 17.5 Å². The number of carbonyl (C=O) groups is 1. The van der Waals surface area contributed by atoms with Gasteiger partial charge in [-0.2, -0.15) is 13.2 Å². The lowest BCUT2D eigenvalue weighted by atomic mass is 10.2. The Morgan fingerprint density at radius 1 is 1.45 bits per heavy atom. The molecule has 2 rings (SSSR count). The number of thioether (sulfide) groups is 2. The van der Waals surface area contributed by atoms with E-state index in [9.17, 15) is 18.0 Å². The van der Waals surface area contributed by atoms with E-state index in [1.165, 1.54) is 0 Å².